The average molecular weight is 332 g/mol. The molecule has 0 unspecified atom stereocenters. The summed E-state index contributed by atoms with van der Waals surface area (Å²) in [4.78, 5) is 0. The summed E-state index contributed by atoms with van der Waals surface area (Å²) in [5.74, 6) is 5.17. The van der Waals surface area contributed by atoms with Crippen LogP contribution in [-0.4, -0.2) is 6.54 Å². The van der Waals surface area contributed by atoms with Gasteiger partial charge in [0, 0.05) is 6.54 Å². The highest BCUT2D eigenvalue weighted by atomic mass is 14.9. The Labute approximate surface area is 151 Å². The second kappa shape index (κ2) is 6.61. The smallest absolute Gasteiger partial charge is 0.0205 e. The molecule has 130 valence electrons. The molecule has 4 bridgehead atoms. The first-order valence-electron chi connectivity index (χ1n) is 10.2. The third-order valence-electron chi connectivity index (χ3n) is 7.17. The fraction of sp³-hybridized carbons (Fsp3) is 0.500. The first kappa shape index (κ1) is 15.6. The van der Waals surface area contributed by atoms with Crippen LogP contribution >= 0.6 is 0 Å². The van der Waals surface area contributed by atoms with E-state index in [-0.39, 0.29) is 0 Å². The van der Waals surface area contributed by atoms with Gasteiger partial charge in [0.2, 0.25) is 0 Å². The maximum atomic E-state index is 3.81. The zero-order valence-corrected chi connectivity index (χ0v) is 15.0. The lowest BCUT2D eigenvalue weighted by atomic mass is 9.52. The fourth-order valence-electron chi connectivity index (χ4n) is 6.25. The molecule has 2 aromatic rings. The Hall–Kier alpha value is -1.60. The minimum absolute atomic E-state index is 0.949. The van der Waals surface area contributed by atoms with Crippen molar-refractivity contribution in [2.75, 3.05) is 6.54 Å². The summed E-state index contributed by atoms with van der Waals surface area (Å²) in [5.41, 5.74) is 4.05. The summed E-state index contributed by atoms with van der Waals surface area (Å²) in [6.45, 7) is 2.23. The molecule has 4 saturated carbocycles. The molecule has 0 aromatic heterocycles. The standard InChI is InChI=1S/C24H29N/c1-2-6-20(7-3-1)21-8-4-5-17(10-21)15-25-16-24-22-11-18-9-19(13-22)14-23(24)12-18/h1-8,10,18-19,22-25H,9,11-16H2. The van der Waals surface area contributed by atoms with E-state index in [1.54, 1.807) is 6.42 Å². The van der Waals surface area contributed by atoms with Crippen molar-refractivity contribution in [2.24, 2.45) is 29.6 Å². The van der Waals surface area contributed by atoms with E-state index in [2.05, 4.69) is 59.9 Å². The van der Waals surface area contributed by atoms with Crippen LogP contribution in [0.4, 0.5) is 0 Å². The average Bonchev–Trinajstić information content (AvgIpc) is 2.64. The second-order valence-electron chi connectivity index (χ2n) is 8.79. The Bertz CT molecular complexity index is 692. The summed E-state index contributed by atoms with van der Waals surface area (Å²) in [7, 11) is 0. The number of benzene rings is 2. The van der Waals surface area contributed by atoms with Crippen LogP contribution in [0.2, 0.25) is 0 Å². The van der Waals surface area contributed by atoms with Gasteiger partial charge in [-0.1, -0.05) is 48.5 Å². The van der Waals surface area contributed by atoms with Gasteiger partial charge in [-0.15, -0.1) is 0 Å². The van der Waals surface area contributed by atoms with E-state index in [1.807, 2.05) is 0 Å². The van der Waals surface area contributed by atoms with E-state index in [0.29, 0.717) is 0 Å². The van der Waals surface area contributed by atoms with Crippen molar-refractivity contribution in [2.45, 2.75) is 38.6 Å². The van der Waals surface area contributed by atoms with Gasteiger partial charge < -0.3 is 5.32 Å². The molecule has 4 aliphatic carbocycles. The third kappa shape index (κ3) is 3.15. The Kier molecular flexibility index (Phi) is 4.13. The molecular formula is C24H29N. The Balaban J connectivity index is 1.21. The Morgan fingerprint density at radius 2 is 1.40 bits per heavy atom. The van der Waals surface area contributed by atoms with Gasteiger partial charge in [0.05, 0.1) is 0 Å². The van der Waals surface area contributed by atoms with Crippen molar-refractivity contribution in [1.29, 1.82) is 0 Å². The van der Waals surface area contributed by atoms with Gasteiger partial charge in [-0.3, -0.25) is 0 Å². The lowest BCUT2D eigenvalue weighted by Crippen LogP contribution is -2.48. The molecule has 0 amide bonds. The minimum Gasteiger partial charge on any atom is -0.312 e. The highest BCUT2D eigenvalue weighted by Crippen LogP contribution is 2.56. The van der Waals surface area contributed by atoms with Gasteiger partial charge in [-0.2, -0.15) is 0 Å². The normalized spacial score (nSPS) is 32.9. The van der Waals surface area contributed by atoms with Crippen LogP contribution < -0.4 is 5.32 Å². The maximum absolute atomic E-state index is 3.81. The molecule has 6 rings (SSSR count). The van der Waals surface area contributed by atoms with Crippen LogP contribution in [0.5, 0.6) is 0 Å². The number of rotatable bonds is 5. The highest BCUT2D eigenvalue weighted by molar-refractivity contribution is 5.63. The molecule has 1 nitrogen and oxygen atoms in total. The summed E-state index contributed by atoms with van der Waals surface area (Å²) in [6.07, 6.45) is 7.68. The van der Waals surface area contributed by atoms with E-state index in [9.17, 15) is 0 Å². The summed E-state index contributed by atoms with van der Waals surface area (Å²) >= 11 is 0. The van der Waals surface area contributed by atoms with Gasteiger partial charge >= 0.3 is 0 Å². The van der Waals surface area contributed by atoms with E-state index < -0.39 is 0 Å². The minimum atomic E-state index is 0.949. The molecule has 0 aliphatic heterocycles. The lowest BCUT2D eigenvalue weighted by molar-refractivity contribution is -0.0355. The Morgan fingerprint density at radius 1 is 0.720 bits per heavy atom. The molecule has 1 N–H and O–H groups in total. The van der Waals surface area contributed by atoms with Crippen molar-refractivity contribution in [3.8, 4) is 11.1 Å². The van der Waals surface area contributed by atoms with Crippen LogP contribution in [0.3, 0.4) is 0 Å². The molecule has 4 aliphatic rings. The number of hydrogen-bond donors (Lipinski definition) is 1. The molecular weight excluding hydrogens is 302 g/mol. The van der Waals surface area contributed by atoms with E-state index in [0.717, 1.165) is 36.1 Å². The van der Waals surface area contributed by atoms with Crippen molar-refractivity contribution >= 4 is 0 Å². The third-order valence-corrected chi connectivity index (χ3v) is 7.17. The first-order chi connectivity index (χ1) is 12.3. The monoisotopic (exact) mass is 331 g/mol. The molecule has 0 saturated heterocycles. The van der Waals surface area contributed by atoms with Crippen LogP contribution in [0, 0.1) is 29.6 Å². The van der Waals surface area contributed by atoms with Crippen molar-refractivity contribution < 1.29 is 0 Å². The zero-order valence-electron chi connectivity index (χ0n) is 15.0. The highest BCUT2D eigenvalue weighted by Gasteiger charge is 2.47. The van der Waals surface area contributed by atoms with Crippen molar-refractivity contribution in [1.82, 2.24) is 5.32 Å². The molecule has 0 spiro atoms. The predicted octanol–water partition coefficient (Wildman–Crippen LogP) is 5.52. The van der Waals surface area contributed by atoms with Crippen LogP contribution in [0.1, 0.15) is 37.7 Å². The molecule has 0 heterocycles. The van der Waals surface area contributed by atoms with Crippen molar-refractivity contribution in [3.05, 3.63) is 60.2 Å². The quantitative estimate of drug-likeness (QED) is 0.761. The maximum Gasteiger partial charge on any atom is 0.0205 e. The number of nitrogens with one attached hydrogen (secondary N) is 1. The second-order valence-corrected chi connectivity index (χ2v) is 8.79. The molecule has 0 radical (unpaired) electrons. The lowest BCUT2D eigenvalue weighted by Gasteiger charge is -2.54. The SMILES string of the molecule is c1ccc(-c2cccc(CNCC3C4CC5CC(C4)CC3C5)c2)cc1. The molecule has 4 fully saturated rings. The van der Waals surface area contributed by atoms with Gasteiger partial charge in [0.25, 0.3) is 0 Å². The van der Waals surface area contributed by atoms with Gasteiger partial charge in [-0.25, -0.2) is 0 Å². The van der Waals surface area contributed by atoms with E-state index in [4.69, 9.17) is 0 Å². The first-order valence-corrected chi connectivity index (χ1v) is 10.2. The summed E-state index contributed by atoms with van der Waals surface area (Å²) < 4.78 is 0. The van der Waals surface area contributed by atoms with E-state index in [1.165, 1.54) is 48.9 Å². The van der Waals surface area contributed by atoms with E-state index >= 15 is 0 Å². The fourth-order valence-corrected chi connectivity index (χ4v) is 6.25. The zero-order chi connectivity index (χ0) is 16.6. The predicted molar refractivity (Wildman–Crippen MR) is 104 cm³/mol. The topological polar surface area (TPSA) is 12.0 Å². The summed E-state index contributed by atoms with van der Waals surface area (Å²) in [6, 6.07) is 19.7. The van der Waals surface area contributed by atoms with Gasteiger partial charge in [0.1, 0.15) is 0 Å². The summed E-state index contributed by atoms with van der Waals surface area (Å²) in [5, 5.41) is 3.81. The number of hydrogen-bond acceptors (Lipinski definition) is 1. The van der Waals surface area contributed by atoms with Gasteiger partial charge in [-0.05, 0) is 91.0 Å². The molecule has 0 atom stereocenters. The molecule has 25 heavy (non-hydrogen) atoms. The van der Waals surface area contributed by atoms with Gasteiger partial charge in [0.15, 0.2) is 0 Å². The van der Waals surface area contributed by atoms with Crippen LogP contribution in [0.25, 0.3) is 11.1 Å². The van der Waals surface area contributed by atoms with Crippen molar-refractivity contribution in [3.63, 3.8) is 0 Å². The molecule has 2 aromatic carbocycles. The van der Waals surface area contributed by atoms with Crippen LogP contribution in [0.15, 0.2) is 54.6 Å². The largest absolute Gasteiger partial charge is 0.312 e. The molecule has 1 heteroatoms. The Morgan fingerprint density at radius 3 is 2.12 bits per heavy atom. The van der Waals surface area contributed by atoms with Crippen LogP contribution in [-0.2, 0) is 6.54 Å².